The first-order chi connectivity index (χ1) is 12.6. The summed E-state index contributed by atoms with van der Waals surface area (Å²) in [5.41, 5.74) is 2.53. The molecule has 130 valence electrons. The second-order valence-corrected chi connectivity index (χ2v) is 7.50. The molecular formula is C25H25N. The van der Waals surface area contributed by atoms with E-state index in [1.54, 1.807) is 0 Å². The maximum absolute atomic E-state index is 2.53. The van der Waals surface area contributed by atoms with Gasteiger partial charge in [0.2, 0.25) is 0 Å². The molecule has 0 aliphatic rings. The van der Waals surface area contributed by atoms with E-state index in [4.69, 9.17) is 0 Å². The van der Waals surface area contributed by atoms with Crippen LogP contribution in [0.3, 0.4) is 0 Å². The van der Waals surface area contributed by atoms with Crippen LogP contribution < -0.4 is 4.90 Å². The van der Waals surface area contributed by atoms with Crippen LogP contribution in [0, 0.1) is 0 Å². The minimum atomic E-state index is -0.00570. The van der Waals surface area contributed by atoms with E-state index in [0.29, 0.717) is 0 Å². The summed E-state index contributed by atoms with van der Waals surface area (Å²) in [5.74, 6) is 0. The molecule has 1 nitrogen and oxygen atoms in total. The molecule has 0 spiro atoms. The van der Waals surface area contributed by atoms with E-state index in [-0.39, 0.29) is 5.54 Å². The van der Waals surface area contributed by atoms with Gasteiger partial charge in [-0.3, -0.25) is 0 Å². The Morgan fingerprint density at radius 1 is 0.615 bits per heavy atom. The first-order valence-corrected chi connectivity index (χ1v) is 9.37. The second-order valence-electron chi connectivity index (χ2n) is 7.50. The fraction of sp³-hybridized carbons (Fsp3) is 0.200. The minimum absolute atomic E-state index is 0.00570. The first-order valence-electron chi connectivity index (χ1n) is 9.37. The minimum Gasteiger partial charge on any atom is -0.335 e. The Kier molecular flexibility index (Phi) is 4.16. The van der Waals surface area contributed by atoms with Crippen molar-refractivity contribution in [3.05, 3.63) is 84.9 Å². The van der Waals surface area contributed by atoms with Gasteiger partial charge in [-0.05, 0) is 43.2 Å². The summed E-state index contributed by atoms with van der Waals surface area (Å²) < 4.78 is 0. The number of hydrogen-bond donors (Lipinski definition) is 0. The Morgan fingerprint density at radius 2 is 1.04 bits per heavy atom. The lowest BCUT2D eigenvalue weighted by Gasteiger charge is -2.41. The zero-order chi connectivity index (χ0) is 18.1. The topological polar surface area (TPSA) is 3.24 Å². The van der Waals surface area contributed by atoms with E-state index in [1.165, 1.54) is 32.9 Å². The van der Waals surface area contributed by atoms with E-state index in [0.717, 1.165) is 6.42 Å². The molecule has 4 rings (SSSR count). The van der Waals surface area contributed by atoms with Gasteiger partial charge < -0.3 is 4.90 Å². The van der Waals surface area contributed by atoms with Gasteiger partial charge >= 0.3 is 0 Å². The number of benzene rings is 4. The third-order valence-corrected chi connectivity index (χ3v) is 5.49. The van der Waals surface area contributed by atoms with Gasteiger partial charge in [0.1, 0.15) is 0 Å². The first kappa shape index (κ1) is 16.7. The van der Waals surface area contributed by atoms with E-state index < -0.39 is 0 Å². The van der Waals surface area contributed by atoms with Crippen molar-refractivity contribution in [1.82, 2.24) is 0 Å². The highest BCUT2D eigenvalue weighted by Gasteiger charge is 2.28. The lowest BCUT2D eigenvalue weighted by atomic mass is 9.94. The molecule has 0 N–H and O–H groups in total. The molecule has 1 heteroatoms. The number of anilines is 2. The normalized spacial score (nSPS) is 11.8. The van der Waals surface area contributed by atoms with Gasteiger partial charge in [0.15, 0.2) is 0 Å². The van der Waals surface area contributed by atoms with Crippen LogP contribution in [0.4, 0.5) is 11.4 Å². The van der Waals surface area contributed by atoms with Crippen LogP contribution in [0.5, 0.6) is 0 Å². The van der Waals surface area contributed by atoms with Crippen LogP contribution >= 0.6 is 0 Å². The Morgan fingerprint density at radius 3 is 1.50 bits per heavy atom. The lowest BCUT2D eigenvalue weighted by Crippen LogP contribution is -2.40. The second kappa shape index (κ2) is 6.49. The van der Waals surface area contributed by atoms with Crippen molar-refractivity contribution in [3.63, 3.8) is 0 Å². The van der Waals surface area contributed by atoms with E-state index in [1.807, 2.05) is 0 Å². The summed E-state index contributed by atoms with van der Waals surface area (Å²) in [6.45, 7) is 6.93. The van der Waals surface area contributed by atoms with Crippen LogP contribution in [-0.4, -0.2) is 5.54 Å². The van der Waals surface area contributed by atoms with Gasteiger partial charge in [-0.2, -0.15) is 0 Å². The molecule has 0 aromatic heterocycles. The van der Waals surface area contributed by atoms with Crippen molar-refractivity contribution in [2.45, 2.75) is 32.7 Å². The summed E-state index contributed by atoms with van der Waals surface area (Å²) in [7, 11) is 0. The number of fused-ring (bicyclic) bond motifs is 2. The van der Waals surface area contributed by atoms with Crippen LogP contribution in [-0.2, 0) is 0 Å². The molecule has 26 heavy (non-hydrogen) atoms. The van der Waals surface area contributed by atoms with Gasteiger partial charge in [0, 0.05) is 27.7 Å². The molecule has 0 fully saturated rings. The molecule has 0 unspecified atom stereocenters. The zero-order valence-electron chi connectivity index (χ0n) is 15.7. The quantitative estimate of drug-likeness (QED) is 0.376. The van der Waals surface area contributed by atoms with Gasteiger partial charge in [0.05, 0.1) is 0 Å². The molecule has 4 aromatic rings. The average molecular weight is 339 g/mol. The van der Waals surface area contributed by atoms with Crippen molar-refractivity contribution in [3.8, 4) is 0 Å². The molecule has 0 radical (unpaired) electrons. The fourth-order valence-corrected chi connectivity index (χ4v) is 3.75. The Bertz CT molecular complexity index is 972. The monoisotopic (exact) mass is 339 g/mol. The summed E-state index contributed by atoms with van der Waals surface area (Å²) in [5, 5.41) is 5.15. The maximum atomic E-state index is 2.53. The third-order valence-electron chi connectivity index (χ3n) is 5.49. The Balaban J connectivity index is 2.05. The molecular weight excluding hydrogens is 314 g/mol. The van der Waals surface area contributed by atoms with Crippen LogP contribution in [0.15, 0.2) is 84.9 Å². The summed E-state index contributed by atoms with van der Waals surface area (Å²) >= 11 is 0. The van der Waals surface area contributed by atoms with Crippen molar-refractivity contribution >= 4 is 32.9 Å². The fourth-order valence-electron chi connectivity index (χ4n) is 3.75. The highest BCUT2D eigenvalue weighted by Crippen LogP contribution is 2.41. The third kappa shape index (κ3) is 2.74. The molecule has 0 bridgehead atoms. The molecule has 0 aliphatic carbocycles. The highest BCUT2D eigenvalue weighted by atomic mass is 15.2. The highest BCUT2D eigenvalue weighted by molar-refractivity contribution is 6.02. The molecule has 0 atom stereocenters. The predicted octanol–water partition coefficient (Wildman–Crippen LogP) is 7.32. The summed E-state index contributed by atoms with van der Waals surface area (Å²) in [4.78, 5) is 2.53. The summed E-state index contributed by atoms with van der Waals surface area (Å²) in [6, 6.07) is 30.6. The number of hydrogen-bond acceptors (Lipinski definition) is 1. The van der Waals surface area contributed by atoms with Crippen LogP contribution in [0.1, 0.15) is 27.2 Å². The molecule has 0 amide bonds. The van der Waals surface area contributed by atoms with Gasteiger partial charge in [-0.1, -0.05) is 79.7 Å². The molecule has 0 aliphatic heterocycles. The van der Waals surface area contributed by atoms with Gasteiger partial charge in [-0.25, -0.2) is 0 Å². The molecule has 4 aromatic carbocycles. The maximum Gasteiger partial charge on any atom is 0.0495 e. The van der Waals surface area contributed by atoms with Crippen molar-refractivity contribution in [1.29, 1.82) is 0 Å². The average Bonchev–Trinajstić information content (AvgIpc) is 2.68. The van der Waals surface area contributed by atoms with Crippen molar-refractivity contribution < 1.29 is 0 Å². The predicted molar refractivity (Wildman–Crippen MR) is 114 cm³/mol. The smallest absolute Gasteiger partial charge is 0.0495 e. The SMILES string of the molecule is CCC(C)(C)N(c1cccc2ccccc12)c1cccc2ccccc12. The number of rotatable bonds is 4. The number of nitrogens with zero attached hydrogens (tertiary/aromatic N) is 1. The van der Waals surface area contributed by atoms with Crippen molar-refractivity contribution in [2.75, 3.05) is 4.90 Å². The van der Waals surface area contributed by atoms with Crippen molar-refractivity contribution in [2.24, 2.45) is 0 Å². The Labute approximate surface area is 155 Å². The molecule has 0 heterocycles. The van der Waals surface area contributed by atoms with Crippen LogP contribution in [0.2, 0.25) is 0 Å². The van der Waals surface area contributed by atoms with Crippen LogP contribution in [0.25, 0.3) is 21.5 Å². The summed E-state index contributed by atoms with van der Waals surface area (Å²) in [6.07, 6.45) is 1.06. The van der Waals surface area contributed by atoms with E-state index >= 15 is 0 Å². The molecule has 0 saturated carbocycles. The Hall–Kier alpha value is -2.80. The van der Waals surface area contributed by atoms with Gasteiger partial charge in [0.25, 0.3) is 0 Å². The largest absolute Gasteiger partial charge is 0.335 e. The molecule has 0 saturated heterocycles. The van der Waals surface area contributed by atoms with E-state index in [2.05, 4.69) is 111 Å². The standard InChI is InChI=1S/C25H25N/c1-4-25(2,3)26(23-17-9-13-19-11-5-7-15-21(19)23)24-18-10-14-20-12-6-8-16-22(20)24/h5-18H,4H2,1-3H3. The van der Waals surface area contributed by atoms with E-state index in [9.17, 15) is 0 Å². The lowest BCUT2D eigenvalue weighted by molar-refractivity contribution is 0.490. The van der Waals surface area contributed by atoms with Gasteiger partial charge in [-0.15, -0.1) is 0 Å². The zero-order valence-corrected chi connectivity index (χ0v) is 15.7.